The maximum Gasteiger partial charge on any atom is 0.329 e. The van der Waals surface area contributed by atoms with E-state index in [0.717, 1.165) is 31.4 Å². The highest BCUT2D eigenvalue weighted by atomic mass is 16.2. The smallest absolute Gasteiger partial charge is 0.329 e. The number of fused-ring (bicyclic) bond motifs is 1. The molecule has 0 aromatic carbocycles. The van der Waals surface area contributed by atoms with E-state index < -0.39 is 11.2 Å². The second-order valence-corrected chi connectivity index (χ2v) is 7.55. The van der Waals surface area contributed by atoms with Gasteiger partial charge in [-0.1, -0.05) is 6.92 Å². The molecule has 2 fully saturated rings. The number of hydrogen-bond donors (Lipinski definition) is 1. The number of H-pyrrole nitrogens is 1. The van der Waals surface area contributed by atoms with Crippen molar-refractivity contribution in [3.8, 4) is 0 Å². The van der Waals surface area contributed by atoms with Crippen LogP contribution in [0.15, 0.2) is 15.7 Å². The summed E-state index contributed by atoms with van der Waals surface area (Å²) in [5, 5.41) is 0.236. The first-order valence-corrected chi connectivity index (χ1v) is 9.46. The van der Waals surface area contributed by atoms with Crippen LogP contribution in [0, 0.1) is 5.92 Å². The third-order valence-electron chi connectivity index (χ3n) is 5.58. The number of pyridine rings is 1. The average molecular weight is 356 g/mol. The fraction of sp³-hybridized carbons (Fsp3) is 0.579. The van der Waals surface area contributed by atoms with Crippen molar-refractivity contribution in [2.24, 2.45) is 5.92 Å². The van der Waals surface area contributed by atoms with E-state index in [1.807, 2.05) is 11.8 Å². The van der Waals surface area contributed by atoms with Gasteiger partial charge in [0.05, 0.1) is 10.9 Å². The molecule has 7 nitrogen and oxygen atoms in total. The van der Waals surface area contributed by atoms with Gasteiger partial charge in [0.15, 0.2) is 5.65 Å². The minimum atomic E-state index is -0.529. The quantitative estimate of drug-likeness (QED) is 0.909. The molecule has 2 aromatic rings. The first kappa shape index (κ1) is 17.0. The number of aromatic nitrogens is 3. The fourth-order valence-corrected chi connectivity index (χ4v) is 3.73. The minimum Gasteiger partial charge on any atom is -0.339 e. The Bertz CT molecular complexity index is 979. The van der Waals surface area contributed by atoms with Gasteiger partial charge in [-0.3, -0.25) is 19.1 Å². The molecule has 0 bridgehead atoms. The highest BCUT2D eigenvalue weighted by Gasteiger charge is 2.30. The maximum absolute atomic E-state index is 13.2. The topological polar surface area (TPSA) is 88.1 Å². The average Bonchev–Trinajstić information content (AvgIpc) is 3.46. The predicted molar refractivity (Wildman–Crippen MR) is 98.6 cm³/mol. The second-order valence-electron chi connectivity index (χ2n) is 7.55. The predicted octanol–water partition coefficient (Wildman–Crippen LogP) is 1.85. The van der Waals surface area contributed by atoms with Crippen molar-refractivity contribution >= 4 is 16.9 Å². The van der Waals surface area contributed by atoms with Crippen LogP contribution in [0.1, 0.15) is 61.5 Å². The van der Waals surface area contributed by atoms with Crippen molar-refractivity contribution in [1.29, 1.82) is 0 Å². The Hall–Kier alpha value is -2.44. The molecule has 3 heterocycles. The molecule has 1 aliphatic carbocycles. The Morgan fingerprint density at radius 3 is 2.54 bits per heavy atom. The van der Waals surface area contributed by atoms with Crippen LogP contribution in [0.4, 0.5) is 0 Å². The number of carbonyl (C=O) groups is 1. The Morgan fingerprint density at radius 1 is 1.23 bits per heavy atom. The summed E-state index contributed by atoms with van der Waals surface area (Å²) in [6.45, 7) is 5.82. The summed E-state index contributed by atoms with van der Waals surface area (Å²) in [7, 11) is 0. The number of aromatic amines is 1. The third-order valence-corrected chi connectivity index (χ3v) is 5.58. The molecule has 0 radical (unpaired) electrons. The highest BCUT2D eigenvalue weighted by Crippen LogP contribution is 2.40. The monoisotopic (exact) mass is 356 g/mol. The third kappa shape index (κ3) is 2.85. The van der Waals surface area contributed by atoms with Crippen LogP contribution in [0.2, 0.25) is 0 Å². The Morgan fingerprint density at radius 2 is 1.92 bits per heavy atom. The lowest BCUT2D eigenvalue weighted by molar-refractivity contribution is 0.0699. The molecule has 4 rings (SSSR count). The van der Waals surface area contributed by atoms with Gasteiger partial charge in [-0.25, -0.2) is 9.78 Å². The summed E-state index contributed by atoms with van der Waals surface area (Å²) >= 11 is 0. The Kier molecular flexibility index (Phi) is 4.17. The number of likely N-dealkylation sites (tertiary alicyclic amines) is 1. The molecular weight excluding hydrogens is 332 g/mol. The molecule has 1 saturated carbocycles. The lowest BCUT2D eigenvalue weighted by Gasteiger charge is -2.30. The first-order chi connectivity index (χ1) is 12.5. The van der Waals surface area contributed by atoms with Crippen LogP contribution in [0.3, 0.4) is 0 Å². The van der Waals surface area contributed by atoms with Gasteiger partial charge >= 0.3 is 5.69 Å². The van der Waals surface area contributed by atoms with Crippen molar-refractivity contribution in [3.63, 3.8) is 0 Å². The van der Waals surface area contributed by atoms with E-state index in [9.17, 15) is 14.4 Å². The van der Waals surface area contributed by atoms with Gasteiger partial charge in [0.2, 0.25) is 0 Å². The van der Waals surface area contributed by atoms with Crippen LogP contribution in [0.25, 0.3) is 11.0 Å². The van der Waals surface area contributed by atoms with Crippen LogP contribution in [-0.2, 0) is 6.54 Å². The molecule has 138 valence electrons. The molecule has 0 spiro atoms. The molecule has 2 aliphatic rings. The molecule has 1 saturated heterocycles. The number of hydrogen-bond acceptors (Lipinski definition) is 4. The largest absolute Gasteiger partial charge is 0.339 e. The number of aryl methyl sites for hydroxylation is 1. The standard InChI is InChI=1S/C19H24N4O3/c1-3-23-16-15(17(24)21-19(23)26)13(10-14(20-16)12-4-5-12)18(25)22-8-6-11(2)7-9-22/h10-12H,3-9H2,1-2H3,(H,21,24,26). The van der Waals surface area contributed by atoms with Gasteiger partial charge in [0.25, 0.3) is 11.5 Å². The van der Waals surface area contributed by atoms with Gasteiger partial charge < -0.3 is 4.90 Å². The van der Waals surface area contributed by atoms with E-state index in [2.05, 4.69) is 16.9 Å². The molecule has 1 N–H and O–H groups in total. The molecule has 0 atom stereocenters. The second kappa shape index (κ2) is 6.37. The van der Waals surface area contributed by atoms with Gasteiger partial charge in [-0.2, -0.15) is 0 Å². The van der Waals surface area contributed by atoms with Crippen LogP contribution < -0.4 is 11.2 Å². The first-order valence-electron chi connectivity index (χ1n) is 9.46. The van der Waals surface area contributed by atoms with E-state index >= 15 is 0 Å². The van der Waals surface area contributed by atoms with Gasteiger partial charge in [0.1, 0.15) is 0 Å². The van der Waals surface area contributed by atoms with Crippen molar-refractivity contribution in [2.75, 3.05) is 13.1 Å². The Balaban J connectivity index is 1.91. The molecule has 0 unspecified atom stereocenters. The van der Waals surface area contributed by atoms with Crippen molar-refractivity contribution in [3.05, 3.63) is 38.2 Å². The number of nitrogens with zero attached hydrogens (tertiary/aromatic N) is 3. The van der Waals surface area contributed by atoms with E-state index in [-0.39, 0.29) is 11.3 Å². The summed E-state index contributed by atoms with van der Waals surface area (Å²) in [5.74, 6) is 0.814. The van der Waals surface area contributed by atoms with Gasteiger partial charge in [0, 0.05) is 31.2 Å². The zero-order valence-corrected chi connectivity index (χ0v) is 15.2. The number of carbonyl (C=O) groups excluding carboxylic acids is 1. The zero-order chi connectivity index (χ0) is 18.4. The van der Waals surface area contributed by atoms with Gasteiger partial charge in [-0.15, -0.1) is 0 Å². The Labute approximate surface area is 151 Å². The van der Waals surface area contributed by atoms with E-state index in [1.54, 1.807) is 6.07 Å². The molecule has 26 heavy (non-hydrogen) atoms. The highest BCUT2D eigenvalue weighted by molar-refractivity contribution is 6.05. The fourth-order valence-electron chi connectivity index (χ4n) is 3.73. The number of nitrogens with one attached hydrogen (secondary N) is 1. The summed E-state index contributed by atoms with van der Waals surface area (Å²) in [4.78, 5) is 46.7. The van der Waals surface area contributed by atoms with Crippen molar-refractivity contribution in [1.82, 2.24) is 19.4 Å². The van der Waals surface area contributed by atoms with Crippen molar-refractivity contribution < 1.29 is 4.79 Å². The van der Waals surface area contributed by atoms with Crippen LogP contribution in [-0.4, -0.2) is 38.4 Å². The van der Waals surface area contributed by atoms with Crippen LogP contribution in [0.5, 0.6) is 0 Å². The molecule has 7 heteroatoms. The van der Waals surface area contributed by atoms with Gasteiger partial charge in [-0.05, 0) is 44.6 Å². The molecular formula is C19H24N4O3. The summed E-state index contributed by atoms with van der Waals surface area (Å²) < 4.78 is 1.44. The SMILES string of the molecule is CCn1c(=O)[nH]c(=O)c2c(C(=O)N3CCC(C)CC3)cc(C3CC3)nc21. The van der Waals surface area contributed by atoms with Crippen LogP contribution >= 0.6 is 0 Å². The molecule has 2 aromatic heterocycles. The molecule has 1 amide bonds. The van der Waals surface area contributed by atoms with Crippen molar-refractivity contribution in [2.45, 2.75) is 52.0 Å². The number of piperidine rings is 1. The summed E-state index contributed by atoms with van der Waals surface area (Å²) in [6, 6.07) is 1.78. The zero-order valence-electron chi connectivity index (χ0n) is 15.2. The minimum absolute atomic E-state index is 0.127. The summed E-state index contributed by atoms with van der Waals surface area (Å²) in [6.07, 6.45) is 4.01. The lowest BCUT2D eigenvalue weighted by atomic mass is 9.98. The summed E-state index contributed by atoms with van der Waals surface area (Å²) in [5.41, 5.74) is 0.529. The number of rotatable bonds is 3. The number of amides is 1. The van der Waals surface area contributed by atoms with E-state index in [1.165, 1.54) is 4.57 Å². The molecule has 1 aliphatic heterocycles. The lowest BCUT2D eigenvalue weighted by Crippen LogP contribution is -2.39. The maximum atomic E-state index is 13.2. The van der Waals surface area contributed by atoms with E-state index in [4.69, 9.17) is 0 Å². The van der Waals surface area contributed by atoms with E-state index in [0.29, 0.717) is 42.7 Å². The normalized spacial score (nSPS) is 18.5.